The molecule has 1 aromatic heterocycles. The molecule has 84 valence electrons. The molecule has 0 radical (unpaired) electrons. The van der Waals surface area contributed by atoms with Crippen LogP contribution in [0, 0.1) is 0 Å². The Kier molecular flexibility index (Phi) is 3.35. The summed E-state index contributed by atoms with van der Waals surface area (Å²) < 4.78 is 12.5. The number of aromatic nitrogens is 2. The Morgan fingerprint density at radius 3 is 3.33 bits per heavy atom. The molecule has 2 heterocycles. The highest BCUT2D eigenvalue weighted by atomic mass is 16.5. The minimum absolute atomic E-state index is 0.0301. The number of nitrogens with zero attached hydrogens (tertiary/aromatic N) is 2. The van der Waals surface area contributed by atoms with Gasteiger partial charge in [0.2, 0.25) is 0 Å². The Labute approximate surface area is 89.2 Å². The van der Waals surface area contributed by atoms with Crippen LogP contribution < -0.4 is 5.73 Å². The summed E-state index contributed by atoms with van der Waals surface area (Å²) in [5.74, 6) is 0. The van der Waals surface area contributed by atoms with Crippen molar-refractivity contribution in [2.45, 2.75) is 19.1 Å². The molecule has 1 aliphatic rings. The summed E-state index contributed by atoms with van der Waals surface area (Å²) in [6.07, 6.45) is 2.97. The van der Waals surface area contributed by atoms with E-state index in [0.29, 0.717) is 13.2 Å². The van der Waals surface area contributed by atoms with Crippen molar-refractivity contribution < 1.29 is 9.47 Å². The van der Waals surface area contributed by atoms with Gasteiger partial charge in [-0.15, -0.1) is 0 Å². The van der Waals surface area contributed by atoms with E-state index in [1.165, 1.54) is 5.56 Å². The van der Waals surface area contributed by atoms with E-state index in [-0.39, 0.29) is 6.10 Å². The first-order valence-electron chi connectivity index (χ1n) is 5.22. The van der Waals surface area contributed by atoms with Crippen molar-refractivity contribution in [3.05, 3.63) is 17.5 Å². The lowest BCUT2D eigenvalue weighted by molar-refractivity contribution is 0.0453. The Bertz CT molecular complexity index is 324. The third-order valence-electron chi connectivity index (χ3n) is 2.60. The molecule has 5 heteroatoms. The molecule has 1 atom stereocenters. The molecule has 0 fully saturated rings. The number of methoxy groups -OCH3 is 1. The van der Waals surface area contributed by atoms with E-state index in [2.05, 4.69) is 11.3 Å². The van der Waals surface area contributed by atoms with E-state index in [4.69, 9.17) is 15.2 Å². The van der Waals surface area contributed by atoms with Gasteiger partial charge in [0.25, 0.3) is 0 Å². The van der Waals surface area contributed by atoms with Gasteiger partial charge in [0, 0.05) is 19.9 Å². The molecule has 0 saturated carbocycles. The smallest absolute Gasteiger partial charge is 0.114 e. The zero-order valence-corrected chi connectivity index (χ0v) is 8.98. The summed E-state index contributed by atoms with van der Waals surface area (Å²) >= 11 is 0. The molecular formula is C10H17N3O2. The first kappa shape index (κ1) is 10.6. The first-order valence-corrected chi connectivity index (χ1v) is 5.22. The van der Waals surface area contributed by atoms with Crippen molar-refractivity contribution in [2.24, 2.45) is 5.73 Å². The van der Waals surface area contributed by atoms with Crippen LogP contribution in [-0.4, -0.2) is 36.6 Å². The van der Waals surface area contributed by atoms with Crippen molar-refractivity contribution >= 4 is 0 Å². The Morgan fingerprint density at radius 1 is 1.73 bits per heavy atom. The molecule has 0 amide bonds. The average molecular weight is 211 g/mol. The number of nitrogens with two attached hydrogens (primary N) is 1. The molecule has 2 N–H and O–H groups in total. The molecule has 0 unspecified atom stereocenters. The molecule has 0 aliphatic carbocycles. The first-order chi connectivity index (χ1) is 7.35. The summed E-state index contributed by atoms with van der Waals surface area (Å²) in [7, 11) is 1.69. The van der Waals surface area contributed by atoms with Crippen molar-refractivity contribution in [3.63, 3.8) is 0 Å². The number of hydrogen-bond acceptors (Lipinski definition) is 4. The largest absolute Gasteiger partial charge is 0.383 e. The molecule has 2 rings (SSSR count). The maximum absolute atomic E-state index is 5.63. The lowest BCUT2D eigenvalue weighted by Crippen LogP contribution is -2.22. The van der Waals surface area contributed by atoms with Gasteiger partial charge >= 0.3 is 0 Å². The van der Waals surface area contributed by atoms with Crippen molar-refractivity contribution in [3.8, 4) is 0 Å². The van der Waals surface area contributed by atoms with Crippen molar-refractivity contribution in [1.82, 2.24) is 9.78 Å². The molecule has 0 bridgehead atoms. The molecule has 0 spiro atoms. The molecule has 0 aromatic carbocycles. The fourth-order valence-electron chi connectivity index (χ4n) is 1.81. The van der Waals surface area contributed by atoms with Crippen LogP contribution in [0.25, 0.3) is 0 Å². The molecule has 5 nitrogen and oxygen atoms in total. The lowest BCUT2D eigenvalue weighted by atomic mass is 10.1. The minimum Gasteiger partial charge on any atom is -0.383 e. The van der Waals surface area contributed by atoms with Crippen molar-refractivity contribution in [1.29, 1.82) is 0 Å². The number of hydrogen-bond donors (Lipinski definition) is 1. The lowest BCUT2D eigenvalue weighted by Gasteiger charge is -2.19. The van der Waals surface area contributed by atoms with Crippen molar-refractivity contribution in [2.75, 3.05) is 26.9 Å². The Balaban J connectivity index is 2.14. The van der Waals surface area contributed by atoms with Crippen LogP contribution in [0.15, 0.2) is 6.20 Å². The highest BCUT2D eigenvalue weighted by molar-refractivity contribution is 5.22. The standard InChI is InChI=1S/C10H17N3O2/c1-14-5-3-13-7-8-2-4-15-9(6-11)10(8)12-13/h7,9H,2-6,11H2,1H3/t9-/m1/s1. The zero-order valence-electron chi connectivity index (χ0n) is 8.98. The molecule has 0 saturated heterocycles. The maximum atomic E-state index is 5.63. The van der Waals surface area contributed by atoms with Gasteiger partial charge in [-0.2, -0.15) is 5.10 Å². The summed E-state index contributed by atoms with van der Waals surface area (Å²) in [6, 6.07) is 0. The van der Waals surface area contributed by atoms with E-state index in [0.717, 1.165) is 25.3 Å². The normalized spacial score (nSPS) is 20.3. The summed E-state index contributed by atoms with van der Waals surface area (Å²) in [5, 5.41) is 4.47. The van der Waals surface area contributed by atoms with Gasteiger partial charge in [-0.1, -0.05) is 0 Å². The molecule has 1 aromatic rings. The highest BCUT2D eigenvalue weighted by Crippen LogP contribution is 2.24. The summed E-state index contributed by atoms with van der Waals surface area (Å²) in [6.45, 7) is 2.69. The second-order valence-corrected chi connectivity index (χ2v) is 3.64. The maximum Gasteiger partial charge on any atom is 0.114 e. The number of ether oxygens (including phenoxy) is 2. The summed E-state index contributed by atoms with van der Waals surface area (Å²) in [4.78, 5) is 0. The molecule has 15 heavy (non-hydrogen) atoms. The van der Waals surface area contributed by atoms with Gasteiger partial charge in [0.15, 0.2) is 0 Å². The van der Waals surface area contributed by atoms with E-state index < -0.39 is 0 Å². The predicted octanol–water partition coefficient (Wildman–Crippen LogP) is 0.102. The van der Waals surface area contributed by atoms with Gasteiger partial charge < -0.3 is 15.2 Å². The second-order valence-electron chi connectivity index (χ2n) is 3.64. The average Bonchev–Trinajstić information content (AvgIpc) is 2.68. The van der Waals surface area contributed by atoms with Crippen LogP contribution in [0.2, 0.25) is 0 Å². The van der Waals surface area contributed by atoms with E-state index >= 15 is 0 Å². The van der Waals surface area contributed by atoms with Gasteiger partial charge in [-0.05, 0) is 12.0 Å². The van der Waals surface area contributed by atoms with Gasteiger partial charge in [-0.3, -0.25) is 4.68 Å². The fourth-order valence-corrected chi connectivity index (χ4v) is 1.81. The van der Waals surface area contributed by atoms with Gasteiger partial charge in [-0.25, -0.2) is 0 Å². The van der Waals surface area contributed by atoms with Crippen LogP contribution in [0.3, 0.4) is 0 Å². The fraction of sp³-hybridized carbons (Fsp3) is 0.700. The van der Waals surface area contributed by atoms with Crippen LogP contribution >= 0.6 is 0 Å². The highest BCUT2D eigenvalue weighted by Gasteiger charge is 2.23. The van der Waals surface area contributed by atoms with E-state index in [9.17, 15) is 0 Å². The third-order valence-corrected chi connectivity index (χ3v) is 2.60. The molecular weight excluding hydrogens is 194 g/mol. The monoisotopic (exact) mass is 211 g/mol. The van der Waals surface area contributed by atoms with Gasteiger partial charge in [0.1, 0.15) is 6.10 Å². The third kappa shape index (κ3) is 2.19. The minimum atomic E-state index is -0.0301. The topological polar surface area (TPSA) is 62.3 Å². The Hall–Kier alpha value is -0.910. The van der Waals surface area contributed by atoms with Crippen LogP contribution in [0.4, 0.5) is 0 Å². The number of fused-ring (bicyclic) bond motifs is 1. The quantitative estimate of drug-likeness (QED) is 0.767. The van der Waals surface area contributed by atoms with E-state index in [1.54, 1.807) is 7.11 Å². The zero-order chi connectivity index (χ0) is 10.7. The van der Waals surface area contributed by atoms with Crippen LogP contribution in [0.5, 0.6) is 0 Å². The number of rotatable bonds is 4. The van der Waals surface area contributed by atoms with E-state index in [1.807, 2.05) is 4.68 Å². The second kappa shape index (κ2) is 4.74. The van der Waals surface area contributed by atoms with Gasteiger partial charge in [0.05, 0.1) is 25.5 Å². The van der Waals surface area contributed by atoms with Crippen LogP contribution in [-0.2, 0) is 22.4 Å². The SMILES string of the molecule is COCCn1cc2c(n1)[C@@H](CN)OCC2. The Morgan fingerprint density at radius 2 is 2.60 bits per heavy atom. The predicted molar refractivity (Wildman–Crippen MR) is 55.6 cm³/mol. The molecule has 1 aliphatic heterocycles. The van der Waals surface area contributed by atoms with Crippen LogP contribution in [0.1, 0.15) is 17.4 Å². The summed E-state index contributed by atoms with van der Waals surface area (Å²) in [5.41, 5.74) is 7.89.